The van der Waals surface area contributed by atoms with Gasteiger partial charge in [0.25, 0.3) is 0 Å². The molecule has 0 atom stereocenters. The highest BCUT2D eigenvalue weighted by Gasteiger charge is 2.21. The summed E-state index contributed by atoms with van der Waals surface area (Å²) in [4.78, 5) is 2.04. The zero-order valence-electron chi connectivity index (χ0n) is 9.56. The van der Waals surface area contributed by atoms with E-state index in [0.29, 0.717) is 23.7 Å². The van der Waals surface area contributed by atoms with E-state index in [1.54, 1.807) is 0 Å². The predicted molar refractivity (Wildman–Crippen MR) is 63.5 cm³/mol. The van der Waals surface area contributed by atoms with Crippen molar-refractivity contribution < 1.29 is 5.11 Å². The van der Waals surface area contributed by atoms with E-state index in [2.05, 4.69) is 16.5 Å². The van der Waals surface area contributed by atoms with Gasteiger partial charge in [0.1, 0.15) is 17.5 Å². The lowest BCUT2D eigenvalue weighted by Gasteiger charge is -2.27. The average molecular weight is 236 g/mol. The third-order valence-corrected chi connectivity index (χ3v) is 2.81. The average Bonchev–Trinajstić information content (AvgIpc) is 2.68. The van der Waals surface area contributed by atoms with Crippen LogP contribution >= 0.6 is 0 Å². The molecule has 4 N–H and O–H groups in total. The first-order chi connectivity index (χ1) is 8.27. The van der Waals surface area contributed by atoms with Crippen LogP contribution in [0.1, 0.15) is 5.56 Å². The van der Waals surface area contributed by atoms with Crippen LogP contribution in [-0.2, 0) is 6.54 Å². The molecule has 1 aromatic rings. The Kier molecular flexibility index (Phi) is 3.46. The SMILES string of the molecule is N#Cc1c(N2CCNCC2)nn(CCO)c1N. The lowest BCUT2D eigenvalue weighted by molar-refractivity contribution is 0.270. The normalized spacial score (nSPS) is 15.9. The molecule has 0 radical (unpaired) electrons. The molecule has 0 saturated carbocycles. The Morgan fingerprint density at radius 1 is 1.47 bits per heavy atom. The first-order valence-corrected chi connectivity index (χ1v) is 5.61. The quantitative estimate of drug-likeness (QED) is 0.605. The van der Waals surface area contributed by atoms with Crippen LogP contribution in [0.5, 0.6) is 0 Å². The van der Waals surface area contributed by atoms with E-state index in [1.165, 1.54) is 4.68 Å². The van der Waals surface area contributed by atoms with E-state index in [1.807, 2.05) is 4.90 Å². The maximum atomic E-state index is 9.12. The highest BCUT2D eigenvalue weighted by Crippen LogP contribution is 2.24. The van der Waals surface area contributed by atoms with Crippen molar-refractivity contribution in [3.63, 3.8) is 0 Å². The number of anilines is 2. The van der Waals surface area contributed by atoms with E-state index in [4.69, 9.17) is 16.1 Å². The summed E-state index contributed by atoms with van der Waals surface area (Å²) in [5, 5.41) is 25.6. The third-order valence-electron chi connectivity index (χ3n) is 2.81. The largest absolute Gasteiger partial charge is 0.394 e. The molecule has 0 aromatic carbocycles. The van der Waals surface area contributed by atoms with Gasteiger partial charge in [0, 0.05) is 26.2 Å². The minimum absolute atomic E-state index is 0.0439. The Morgan fingerprint density at radius 3 is 2.76 bits per heavy atom. The van der Waals surface area contributed by atoms with Gasteiger partial charge in [-0.2, -0.15) is 10.4 Å². The molecule has 1 aliphatic heterocycles. The van der Waals surface area contributed by atoms with Crippen molar-refractivity contribution in [3.05, 3.63) is 5.56 Å². The maximum Gasteiger partial charge on any atom is 0.171 e. The zero-order valence-corrected chi connectivity index (χ0v) is 9.56. The Bertz CT molecular complexity index is 429. The van der Waals surface area contributed by atoms with Crippen molar-refractivity contribution in [1.29, 1.82) is 5.26 Å². The first-order valence-electron chi connectivity index (χ1n) is 5.61. The summed E-state index contributed by atoms with van der Waals surface area (Å²) < 4.78 is 1.48. The Balaban J connectivity index is 2.32. The van der Waals surface area contributed by atoms with Crippen molar-refractivity contribution >= 4 is 11.6 Å². The lowest BCUT2D eigenvalue weighted by atomic mass is 10.2. The molecule has 0 unspecified atom stereocenters. The van der Waals surface area contributed by atoms with Gasteiger partial charge in [-0.15, -0.1) is 0 Å². The topological polar surface area (TPSA) is 103 Å². The van der Waals surface area contributed by atoms with Crippen LogP contribution < -0.4 is 16.0 Å². The molecule has 17 heavy (non-hydrogen) atoms. The van der Waals surface area contributed by atoms with Crippen molar-refractivity contribution in [2.45, 2.75) is 6.54 Å². The number of aromatic nitrogens is 2. The number of nitrogen functional groups attached to an aromatic ring is 1. The van der Waals surface area contributed by atoms with Crippen molar-refractivity contribution in [3.8, 4) is 6.07 Å². The van der Waals surface area contributed by atoms with Gasteiger partial charge in [0.2, 0.25) is 0 Å². The van der Waals surface area contributed by atoms with E-state index in [-0.39, 0.29) is 6.61 Å². The van der Waals surface area contributed by atoms with Gasteiger partial charge in [-0.3, -0.25) is 0 Å². The summed E-state index contributed by atoms with van der Waals surface area (Å²) in [5.41, 5.74) is 6.24. The molecule has 1 aliphatic rings. The molecule has 7 nitrogen and oxygen atoms in total. The van der Waals surface area contributed by atoms with Gasteiger partial charge >= 0.3 is 0 Å². The smallest absolute Gasteiger partial charge is 0.171 e. The Labute approximate surface area is 99.4 Å². The van der Waals surface area contributed by atoms with Gasteiger partial charge in [0.15, 0.2) is 5.82 Å². The molecular formula is C10H16N6O. The molecule has 7 heteroatoms. The number of nitrogens with two attached hydrogens (primary N) is 1. The summed E-state index contributed by atoms with van der Waals surface area (Å²) in [6.07, 6.45) is 0. The number of nitriles is 1. The fourth-order valence-corrected chi connectivity index (χ4v) is 1.93. The molecule has 92 valence electrons. The molecule has 1 saturated heterocycles. The molecule has 1 aromatic heterocycles. The summed E-state index contributed by atoms with van der Waals surface area (Å²) >= 11 is 0. The number of aliphatic hydroxyl groups is 1. The van der Waals surface area contributed by atoms with Crippen LogP contribution in [0.2, 0.25) is 0 Å². The molecule has 2 rings (SSSR count). The minimum Gasteiger partial charge on any atom is -0.394 e. The monoisotopic (exact) mass is 236 g/mol. The molecule has 0 spiro atoms. The van der Waals surface area contributed by atoms with Crippen molar-refractivity contribution in [2.24, 2.45) is 0 Å². The number of rotatable bonds is 3. The zero-order chi connectivity index (χ0) is 12.3. The standard InChI is InChI=1S/C10H16N6O/c11-7-8-9(12)16(5-6-17)14-10(8)15-3-1-13-2-4-15/h13,17H,1-6,12H2. The lowest BCUT2D eigenvalue weighted by Crippen LogP contribution is -2.44. The molecular weight excluding hydrogens is 220 g/mol. The molecule has 0 aliphatic carbocycles. The van der Waals surface area contributed by atoms with Crippen LogP contribution in [0.3, 0.4) is 0 Å². The number of nitrogens with one attached hydrogen (secondary N) is 1. The van der Waals surface area contributed by atoms with Gasteiger partial charge in [-0.1, -0.05) is 0 Å². The predicted octanol–water partition coefficient (Wildman–Crippen LogP) is -1.26. The van der Waals surface area contributed by atoms with Crippen molar-refractivity contribution in [1.82, 2.24) is 15.1 Å². The van der Waals surface area contributed by atoms with E-state index in [0.717, 1.165) is 26.2 Å². The van der Waals surface area contributed by atoms with E-state index >= 15 is 0 Å². The van der Waals surface area contributed by atoms with Gasteiger partial charge in [0.05, 0.1) is 13.2 Å². The summed E-state index contributed by atoms with van der Waals surface area (Å²) in [6, 6.07) is 2.09. The number of nitrogens with zero attached hydrogens (tertiary/aromatic N) is 4. The van der Waals surface area contributed by atoms with Crippen LogP contribution in [0.4, 0.5) is 11.6 Å². The van der Waals surface area contributed by atoms with Crippen LogP contribution in [0.15, 0.2) is 0 Å². The second kappa shape index (κ2) is 5.03. The molecule has 1 fully saturated rings. The number of hydrogen-bond acceptors (Lipinski definition) is 6. The number of hydrogen-bond donors (Lipinski definition) is 3. The molecule has 0 bridgehead atoms. The van der Waals surface area contributed by atoms with Crippen LogP contribution in [-0.4, -0.2) is 47.7 Å². The summed E-state index contributed by atoms with van der Waals surface area (Å²) in [6.45, 7) is 3.63. The van der Waals surface area contributed by atoms with Gasteiger partial charge in [-0.25, -0.2) is 4.68 Å². The molecule has 2 heterocycles. The Hall–Kier alpha value is -1.78. The van der Waals surface area contributed by atoms with E-state index < -0.39 is 0 Å². The van der Waals surface area contributed by atoms with Gasteiger partial charge in [-0.05, 0) is 0 Å². The first kappa shape index (κ1) is 11.7. The molecule has 0 amide bonds. The Morgan fingerprint density at radius 2 is 2.18 bits per heavy atom. The fourth-order valence-electron chi connectivity index (χ4n) is 1.93. The van der Waals surface area contributed by atoms with Crippen LogP contribution in [0, 0.1) is 11.3 Å². The minimum atomic E-state index is -0.0439. The summed E-state index contributed by atoms with van der Waals surface area (Å²) in [7, 11) is 0. The number of aliphatic hydroxyl groups excluding tert-OH is 1. The summed E-state index contributed by atoms with van der Waals surface area (Å²) in [5.74, 6) is 0.954. The highest BCUT2D eigenvalue weighted by atomic mass is 16.3. The fraction of sp³-hybridized carbons (Fsp3) is 0.600. The van der Waals surface area contributed by atoms with Crippen molar-refractivity contribution in [2.75, 3.05) is 43.4 Å². The maximum absolute atomic E-state index is 9.12. The van der Waals surface area contributed by atoms with Crippen LogP contribution in [0.25, 0.3) is 0 Å². The van der Waals surface area contributed by atoms with E-state index in [9.17, 15) is 0 Å². The highest BCUT2D eigenvalue weighted by molar-refractivity contribution is 5.65. The number of piperazine rings is 1. The van der Waals surface area contributed by atoms with Gasteiger partial charge < -0.3 is 21.1 Å². The second-order valence-corrected chi connectivity index (χ2v) is 3.88. The third kappa shape index (κ3) is 2.18. The second-order valence-electron chi connectivity index (χ2n) is 3.88.